The molecule has 0 unspecified atom stereocenters. The normalized spacial score (nSPS) is 13.0. The van der Waals surface area contributed by atoms with Crippen LogP contribution in [0.5, 0.6) is 0 Å². The number of carbonyl (C=O) groups is 4. The molecule has 6 nitrogen and oxygen atoms in total. The van der Waals surface area contributed by atoms with Crippen molar-refractivity contribution in [2.75, 3.05) is 11.9 Å². The molecule has 0 spiro atoms. The van der Waals surface area contributed by atoms with Crippen LogP contribution >= 0.6 is 23.2 Å². The lowest BCUT2D eigenvalue weighted by molar-refractivity contribution is -0.114. The largest absolute Gasteiger partial charge is 0.326 e. The van der Waals surface area contributed by atoms with Gasteiger partial charge in [0.15, 0.2) is 5.78 Å². The van der Waals surface area contributed by atoms with Crippen LogP contribution in [0.1, 0.15) is 38.0 Å². The molecule has 0 fully saturated rings. The number of Topliss-reactive ketones (excluding diaryl/α,β-unsaturated/α-hetero) is 1. The van der Waals surface area contributed by atoms with Crippen molar-refractivity contribution < 1.29 is 23.6 Å². The molecule has 138 valence electrons. The fourth-order valence-corrected chi connectivity index (χ4v) is 3.01. The summed E-state index contributed by atoms with van der Waals surface area (Å²) in [6.45, 7) is 0.621. The van der Waals surface area contributed by atoms with Gasteiger partial charge in [0.25, 0.3) is 11.8 Å². The Labute approximate surface area is 162 Å². The first-order chi connectivity index (χ1) is 12.7. The van der Waals surface area contributed by atoms with Crippen molar-refractivity contribution >= 4 is 52.4 Å². The van der Waals surface area contributed by atoms with Crippen LogP contribution in [0.2, 0.25) is 10.0 Å². The van der Waals surface area contributed by atoms with E-state index in [-0.39, 0.29) is 32.4 Å². The van der Waals surface area contributed by atoms with Crippen LogP contribution in [0.15, 0.2) is 30.3 Å². The van der Waals surface area contributed by atoms with Crippen LogP contribution in [0.4, 0.5) is 10.1 Å². The molecule has 0 radical (unpaired) electrons. The first kappa shape index (κ1) is 19.0. The summed E-state index contributed by atoms with van der Waals surface area (Å²) >= 11 is 11.7. The van der Waals surface area contributed by atoms with Gasteiger partial charge in [-0.25, -0.2) is 4.39 Å². The molecule has 0 atom stereocenters. The predicted molar refractivity (Wildman–Crippen MR) is 96.9 cm³/mol. The predicted octanol–water partition coefficient (Wildman–Crippen LogP) is 3.57. The van der Waals surface area contributed by atoms with Gasteiger partial charge in [0, 0.05) is 12.6 Å². The van der Waals surface area contributed by atoms with E-state index in [1.54, 1.807) is 0 Å². The molecule has 1 aliphatic rings. The van der Waals surface area contributed by atoms with Crippen molar-refractivity contribution in [1.82, 2.24) is 4.90 Å². The number of hydrogen-bond acceptors (Lipinski definition) is 4. The maximum absolute atomic E-state index is 14.2. The second-order valence-corrected chi connectivity index (χ2v) is 6.62. The summed E-state index contributed by atoms with van der Waals surface area (Å²) in [4.78, 5) is 48.9. The maximum Gasteiger partial charge on any atom is 0.262 e. The molecular weight excluding hydrogens is 398 g/mol. The number of nitrogens with zero attached hydrogens (tertiary/aromatic N) is 1. The molecule has 3 amide bonds. The van der Waals surface area contributed by atoms with Crippen LogP contribution in [0.25, 0.3) is 0 Å². The zero-order valence-electron chi connectivity index (χ0n) is 13.8. The fraction of sp³-hybridized carbons (Fsp3) is 0.111. The van der Waals surface area contributed by atoms with Crippen LogP contribution in [-0.4, -0.2) is 34.9 Å². The molecule has 9 heteroatoms. The number of amides is 3. The highest BCUT2D eigenvalue weighted by Gasteiger charge is 2.37. The summed E-state index contributed by atoms with van der Waals surface area (Å²) in [6.07, 6.45) is 0. The van der Waals surface area contributed by atoms with Crippen molar-refractivity contribution in [1.29, 1.82) is 0 Å². The average molecular weight is 409 g/mol. The number of nitrogens with one attached hydrogen (secondary N) is 1. The lowest BCUT2D eigenvalue weighted by atomic mass is 10.1. The number of imide groups is 1. The minimum atomic E-state index is -0.881. The fourth-order valence-electron chi connectivity index (χ4n) is 2.68. The van der Waals surface area contributed by atoms with E-state index < -0.39 is 35.9 Å². The minimum absolute atomic E-state index is 0.0312. The van der Waals surface area contributed by atoms with Crippen molar-refractivity contribution in [2.45, 2.75) is 6.92 Å². The smallest absolute Gasteiger partial charge is 0.262 e. The topological polar surface area (TPSA) is 83.6 Å². The molecule has 0 bridgehead atoms. The number of hydrogen-bond donors (Lipinski definition) is 1. The highest BCUT2D eigenvalue weighted by atomic mass is 35.5. The Kier molecular flexibility index (Phi) is 4.99. The molecule has 3 rings (SSSR count). The van der Waals surface area contributed by atoms with Gasteiger partial charge in [-0.05, 0) is 30.3 Å². The standard InChI is InChI=1S/C18H11Cl2FN2O4/c1-8(24)22-9-2-3-10(15(21)4-9)16(25)7-23-17(26)11-5-13(19)14(20)6-12(11)18(23)27/h2-6H,7H2,1H3,(H,22,24). The second-order valence-electron chi connectivity index (χ2n) is 5.81. The number of fused-ring (bicyclic) bond motifs is 1. The third-order valence-corrected chi connectivity index (χ3v) is 4.63. The molecule has 1 N–H and O–H groups in total. The van der Waals surface area contributed by atoms with E-state index in [4.69, 9.17) is 23.2 Å². The summed E-state index contributed by atoms with van der Waals surface area (Å²) in [5.74, 6) is -3.46. The summed E-state index contributed by atoms with van der Waals surface area (Å²) in [6, 6.07) is 6.02. The molecule has 27 heavy (non-hydrogen) atoms. The van der Waals surface area contributed by atoms with E-state index in [9.17, 15) is 23.6 Å². The van der Waals surface area contributed by atoms with Gasteiger partial charge < -0.3 is 5.32 Å². The average Bonchev–Trinajstić information content (AvgIpc) is 2.79. The zero-order chi connectivity index (χ0) is 19.9. The molecular formula is C18H11Cl2FN2O4. The second kappa shape index (κ2) is 7.09. The molecule has 1 aliphatic heterocycles. The molecule has 1 heterocycles. The molecule has 0 saturated carbocycles. The van der Waals surface area contributed by atoms with Crippen LogP contribution in [-0.2, 0) is 4.79 Å². The number of ketones is 1. The lowest BCUT2D eigenvalue weighted by Crippen LogP contribution is -2.35. The van der Waals surface area contributed by atoms with E-state index >= 15 is 0 Å². The number of benzene rings is 2. The third-order valence-electron chi connectivity index (χ3n) is 3.90. The quantitative estimate of drug-likeness (QED) is 0.618. The molecule has 0 aromatic heterocycles. The van der Waals surface area contributed by atoms with E-state index in [0.29, 0.717) is 4.90 Å². The van der Waals surface area contributed by atoms with E-state index in [1.807, 2.05) is 0 Å². The lowest BCUT2D eigenvalue weighted by Gasteiger charge is -2.13. The summed E-state index contributed by atoms with van der Waals surface area (Å²) < 4.78 is 14.2. The Morgan fingerprint density at radius 2 is 1.59 bits per heavy atom. The number of rotatable bonds is 4. The van der Waals surface area contributed by atoms with Crippen LogP contribution < -0.4 is 5.32 Å². The third kappa shape index (κ3) is 3.56. The Morgan fingerprint density at radius 1 is 1.04 bits per heavy atom. The SMILES string of the molecule is CC(=O)Nc1ccc(C(=O)CN2C(=O)c3cc(Cl)c(Cl)cc3C2=O)c(F)c1. The Balaban J connectivity index is 1.84. The molecule has 0 aliphatic carbocycles. The highest BCUT2D eigenvalue weighted by Crippen LogP contribution is 2.31. The minimum Gasteiger partial charge on any atom is -0.326 e. The van der Waals surface area contributed by atoms with Crippen molar-refractivity contribution in [3.63, 3.8) is 0 Å². The van der Waals surface area contributed by atoms with Crippen LogP contribution in [0, 0.1) is 5.82 Å². The zero-order valence-corrected chi connectivity index (χ0v) is 15.3. The summed E-state index contributed by atoms with van der Waals surface area (Å²) in [5.41, 5.74) is -0.0642. The molecule has 2 aromatic rings. The van der Waals surface area contributed by atoms with Gasteiger partial charge in [-0.2, -0.15) is 0 Å². The number of anilines is 1. The highest BCUT2D eigenvalue weighted by molar-refractivity contribution is 6.43. The Bertz CT molecular complexity index is 982. The van der Waals surface area contributed by atoms with E-state index in [2.05, 4.69) is 5.32 Å². The summed E-state index contributed by atoms with van der Waals surface area (Å²) in [7, 11) is 0. The van der Waals surface area contributed by atoms with E-state index in [0.717, 1.165) is 6.07 Å². The van der Waals surface area contributed by atoms with Crippen LogP contribution in [0.3, 0.4) is 0 Å². The van der Waals surface area contributed by atoms with Gasteiger partial charge in [-0.15, -0.1) is 0 Å². The number of carbonyl (C=O) groups excluding carboxylic acids is 4. The monoisotopic (exact) mass is 408 g/mol. The van der Waals surface area contributed by atoms with Crippen molar-refractivity contribution in [3.05, 3.63) is 62.9 Å². The summed E-state index contributed by atoms with van der Waals surface area (Å²) in [5, 5.41) is 2.59. The van der Waals surface area contributed by atoms with Gasteiger partial charge in [0.2, 0.25) is 5.91 Å². The molecule has 0 saturated heterocycles. The number of halogens is 3. The van der Waals surface area contributed by atoms with E-state index in [1.165, 1.54) is 31.2 Å². The maximum atomic E-state index is 14.2. The first-order valence-electron chi connectivity index (χ1n) is 7.64. The van der Waals surface area contributed by atoms with Gasteiger partial charge >= 0.3 is 0 Å². The molecule has 2 aromatic carbocycles. The van der Waals surface area contributed by atoms with Gasteiger partial charge in [-0.3, -0.25) is 24.1 Å². The Hall–Kier alpha value is -2.77. The van der Waals surface area contributed by atoms with Crippen molar-refractivity contribution in [3.8, 4) is 0 Å². The van der Waals surface area contributed by atoms with Gasteiger partial charge in [0.05, 0.1) is 33.3 Å². The first-order valence-corrected chi connectivity index (χ1v) is 8.40. The van der Waals surface area contributed by atoms with Crippen molar-refractivity contribution in [2.24, 2.45) is 0 Å². The Morgan fingerprint density at radius 3 is 2.07 bits per heavy atom. The van der Waals surface area contributed by atoms with Gasteiger partial charge in [-0.1, -0.05) is 23.2 Å². The van der Waals surface area contributed by atoms with Gasteiger partial charge in [0.1, 0.15) is 5.82 Å².